The molecule has 3 aromatic carbocycles. The molecule has 0 aromatic heterocycles. The highest BCUT2D eigenvalue weighted by atomic mass is 32.2. The Balaban J connectivity index is 0.000000151. The summed E-state index contributed by atoms with van der Waals surface area (Å²) in [5.41, 5.74) is 7.58. The molecule has 2 aliphatic rings. The molecule has 6 nitrogen and oxygen atoms in total. The Morgan fingerprint density at radius 2 is 1.82 bits per heavy atom. The van der Waals surface area contributed by atoms with E-state index in [1.807, 2.05) is 30.3 Å². The molecule has 5 rings (SSSR count). The number of primary sulfonamides is 1. The first-order valence-electron chi connectivity index (χ1n) is 9.21. The van der Waals surface area contributed by atoms with Gasteiger partial charge in [0, 0.05) is 29.1 Å². The molecule has 1 fully saturated rings. The van der Waals surface area contributed by atoms with Crippen molar-refractivity contribution in [3.8, 4) is 5.75 Å². The molecule has 2 atom stereocenters. The number of anilines is 1. The minimum Gasteiger partial charge on any atom is -0.488 e. The summed E-state index contributed by atoms with van der Waals surface area (Å²) in [6, 6.07) is 18.9. The Bertz CT molecular complexity index is 1110. The quantitative estimate of drug-likeness (QED) is 0.547. The highest BCUT2D eigenvalue weighted by Crippen LogP contribution is 2.42. The zero-order valence-electron chi connectivity index (χ0n) is 15.3. The standard InChI is InChI=1S/C11H14N2O3S.C10H9N/c12-17(14,15)7-1-2-10-9(5-7)8-3-4-13-6-11(8)16-10;11-10-7-3-5-8-4-1-2-6-9(8)10/h1-2,5,8,11,13H,3-4,6H2,(H2,12,14,15);1-7H,11H2. The Morgan fingerprint density at radius 3 is 2.61 bits per heavy atom. The van der Waals surface area contributed by atoms with Crippen LogP contribution in [-0.2, 0) is 10.0 Å². The van der Waals surface area contributed by atoms with Gasteiger partial charge in [0.05, 0.1) is 4.90 Å². The zero-order chi connectivity index (χ0) is 19.7. The van der Waals surface area contributed by atoms with Crippen molar-refractivity contribution < 1.29 is 13.2 Å². The van der Waals surface area contributed by atoms with Crippen molar-refractivity contribution in [1.29, 1.82) is 0 Å². The number of piperidine rings is 1. The monoisotopic (exact) mass is 397 g/mol. The number of rotatable bonds is 1. The zero-order valence-corrected chi connectivity index (χ0v) is 16.2. The van der Waals surface area contributed by atoms with Crippen LogP contribution in [0.4, 0.5) is 5.69 Å². The second-order valence-electron chi connectivity index (χ2n) is 7.07. The molecule has 0 aliphatic carbocycles. The van der Waals surface area contributed by atoms with Crippen molar-refractivity contribution in [3.63, 3.8) is 0 Å². The summed E-state index contributed by atoms with van der Waals surface area (Å²) in [5.74, 6) is 1.07. The van der Waals surface area contributed by atoms with E-state index in [2.05, 4.69) is 17.4 Å². The fraction of sp³-hybridized carbons (Fsp3) is 0.238. The second kappa shape index (κ2) is 7.43. The van der Waals surface area contributed by atoms with Crippen molar-refractivity contribution in [2.45, 2.75) is 23.3 Å². The number of ether oxygens (including phenoxy) is 1. The van der Waals surface area contributed by atoms with Gasteiger partial charge in [-0.15, -0.1) is 0 Å². The average Bonchev–Trinajstić information content (AvgIpc) is 3.06. The number of nitrogen functional groups attached to an aromatic ring is 1. The summed E-state index contributed by atoms with van der Waals surface area (Å²) in [6.45, 7) is 1.74. The molecule has 0 bridgehead atoms. The van der Waals surface area contributed by atoms with Crippen LogP contribution in [-0.4, -0.2) is 27.6 Å². The molecule has 0 amide bonds. The van der Waals surface area contributed by atoms with Crippen LogP contribution in [0.5, 0.6) is 5.75 Å². The van der Waals surface area contributed by atoms with E-state index in [9.17, 15) is 8.42 Å². The third-order valence-electron chi connectivity index (χ3n) is 5.24. The third-order valence-corrected chi connectivity index (χ3v) is 6.15. The molecule has 3 aromatic rings. The van der Waals surface area contributed by atoms with Gasteiger partial charge in [-0.2, -0.15) is 0 Å². The Kier molecular flexibility index (Phi) is 4.97. The van der Waals surface area contributed by atoms with Gasteiger partial charge in [-0.25, -0.2) is 13.6 Å². The van der Waals surface area contributed by atoms with Crippen LogP contribution in [0.2, 0.25) is 0 Å². The van der Waals surface area contributed by atoms with Gasteiger partial charge in [-0.1, -0.05) is 36.4 Å². The van der Waals surface area contributed by atoms with E-state index < -0.39 is 10.0 Å². The first-order chi connectivity index (χ1) is 13.4. The predicted molar refractivity (Wildman–Crippen MR) is 111 cm³/mol. The first kappa shape index (κ1) is 18.7. The molecule has 1 saturated heterocycles. The summed E-state index contributed by atoms with van der Waals surface area (Å²) in [5, 5.41) is 10.7. The first-order valence-corrected chi connectivity index (χ1v) is 10.8. The smallest absolute Gasteiger partial charge is 0.238 e. The van der Waals surface area contributed by atoms with Crippen LogP contribution in [0.15, 0.2) is 65.6 Å². The minimum absolute atomic E-state index is 0.120. The third kappa shape index (κ3) is 3.69. The lowest BCUT2D eigenvalue weighted by Gasteiger charge is -2.24. The number of sulfonamides is 1. The highest BCUT2D eigenvalue weighted by molar-refractivity contribution is 7.89. The Morgan fingerprint density at radius 1 is 1.04 bits per heavy atom. The van der Waals surface area contributed by atoms with Crippen LogP contribution in [0, 0.1) is 0 Å². The van der Waals surface area contributed by atoms with Gasteiger partial charge < -0.3 is 15.8 Å². The van der Waals surface area contributed by atoms with Crippen LogP contribution in [0.3, 0.4) is 0 Å². The number of hydrogen-bond acceptors (Lipinski definition) is 5. The fourth-order valence-corrected chi connectivity index (χ4v) is 4.37. The Labute approximate surface area is 164 Å². The van der Waals surface area contributed by atoms with Gasteiger partial charge in [0.2, 0.25) is 10.0 Å². The topological polar surface area (TPSA) is 107 Å². The normalized spacial score (nSPS) is 20.5. The fourth-order valence-electron chi connectivity index (χ4n) is 3.82. The van der Waals surface area contributed by atoms with E-state index >= 15 is 0 Å². The molecule has 28 heavy (non-hydrogen) atoms. The molecular formula is C21H23N3O3S. The van der Waals surface area contributed by atoms with Gasteiger partial charge in [0.1, 0.15) is 11.9 Å². The summed E-state index contributed by atoms with van der Waals surface area (Å²) >= 11 is 0. The van der Waals surface area contributed by atoms with Gasteiger partial charge in [-0.3, -0.25) is 0 Å². The predicted octanol–water partition coefficient (Wildman–Crippen LogP) is 2.59. The van der Waals surface area contributed by atoms with E-state index in [0.717, 1.165) is 41.9 Å². The average molecular weight is 398 g/mol. The molecule has 2 heterocycles. The lowest BCUT2D eigenvalue weighted by atomic mass is 9.90. The molecule has 7 heteroatoms. The maximum atomic E-state index is 11.3. The lowest BCUT2D eigenvalue weighted by molar-refractivity contribution is 0.177. The number of fused-ring (bicyclic) bond motifs is 4. The van der Waals surface area contributed by atoms with Gasteiger partial charge in [0.15, 0.2) is 0 Å². The maximum Gasteiger partial charge on any atom is 0.238 e. The lowest BCUT2D eigenvalue weighted by Crippen LogP contribution is -2.39. The molecule has 0 spiro atoms. The van der Waals surface area contributed by atoms with E-state index in [1.165, 1.54) is 11.5 Å². The van der Waals surface area contributed by atoms with Gasteiger partial charge in [-0.05, 0) is 42.6 Å². The Hall–Kier alpha value is -2.61. The SMILES string of the molecule is NS(=O)(=O)c1ccc2c(c1)C1CCNCC1O2.Nc1cccc2ccccc12. The van der Waals surface area contributed by atoms with Crippen molar-refractivity contribution in [2.24, 2.45) is 5.14 Å². The largest absolute Gasteiger partial charge is 0.488 e. The van der Waals surface area contributed by atoms with Crippen molar-refractivity contribution in [2.75, 3.05) is 18.8 Å². The summed E-state index contributed by atoms with van der Waals surface area (Å²) in [7, 11) is -3.63. The van der Waals surface area contributed by atoms with Gasteiger partial charge in [0.25, 0.3) is 0 Å². The van der Waals surface area contributed by atoms with Crippen molar-refractivity contribution in [3.05, 3.63) is 66.2 Å². The van der Waals surface area contributed by atoms with Crippen LogP contribution in [0.1, 0.15) is 17.9 Å². The van der Waals surface area contributed by atoms with Crippen LogP contribution in [0.25, 0.3) is 10.8 Å². The highest BCUT2D eigenvalue weighted by Gasteiger charge is 2.36. The molecule has 146 valence electrons. The van der Waals surface area contributed by atoms with Crippen molar-refractivity contribution >= 4 is 26.5 Å². The van der Waals surface area contributed by atoms with E-state index in [-0.39, 0.29) is 16.9 Å². The molecule has 5 N–H and O–H groups in total. The van der Waals surface area contributed by atoms with Crippen LogP contribution >= 0.6 is 0 Å². The summed E-state index contributed by atoms with van der Waals surface area (Å²) in [6.07, 6.45) is 1.08. The summed E-state index contributed by atoms with van der Waals surface area (Å²) in [4.78, 5) is 0.166. The molecule has 2 aliphatic heterocycles. The van der Waals surface area contributed by atoms with Crippen molar-refractivity contribution in [1.82, 2.24) is 5.32 Å². The number of nitrogens with two attached hydrogens (primary N) is 2. The number of nitrogens with one attached hydrogen (secondary N) is 1. The molecular weight excluding hydrogens is 374 g/mol. The van der Waals surface area contributed by atoms with E-state index in [0.29, 0.717) is 0 Å². The summed E-state index contributed by atoms with van der Waals surface area (Å²) < 4.78 is 28.4. The van der Waals surface area contributed by atoms with Gasteiger partial charge >= 0.3 is 0 Å². The van der Waals surface area contributed by atoms with E-state index in [4.69, 9.17) is 15.6 Å². The maximum absolute atomic E-state index is 11.3. The molecule has 0 saturated carbocycles. The second-order valence-corrected chi connectivity index (χ2v) is 8.63. The number of benzene rings is 3. The molecule has 0 radical (unpaired) electrons. The van der Waals surface area contributed by atoms with Crippen LogP contribution < -0.4 is 20.9 Å². The van der Waals surface area contributed by atoms with E-state index in [1.54, 1.807) is 12.1 Å². The number of hydrogen-bond donors (Lipinski definition) is 3. The molecule has 2 unspecified atom stereocenters. The minimum atomic E-state index is -3.63.